The number of hydrogen-bond acceptors (Lipinski definition) is 4. The standard InChI is InChI=1S/C12H15N3S/c1-3-15(4-2)11-9-16-12(14-11)10-6-5-7-13-8-10/h5-9H,3-4H2,1-2H3. The van der Waals surface area contributed by atoms with Gasteiger partial charge in [0.15, 0.2) is 0 Å². The Hall–Kier alpha value is -1.42. The summed E-state index contributed by atoms with van der Waals surface area (Å²) < 4.78 is 0. The number of thiazole rings is 1. The molecule has 0 aliphatic rings. The van der Waals surface area contributed by atoms with Crippen molar-refractivity contribution < 1.29 is 0 Å². The van der Waals surface area contributed by atoms with Crippen LogP contribution in [0, 0.1) is 0 Å². The predicted octanol–water partition coefficient (Wildman–Crippen LogP) is 3.05. The topological polar surface area (TPSA) is 29.0 Å². The summed E-state index contributed by atoms with van der Waals surface area (Å²) in [6, 6.07) is 3.98. The molecule has 0 saturated heterocycles. The van der Waals surface area contributed by atoms with Crippen molar-refractivity contribution in [2.45, 2.75) is 13.8 Å². The highest BCUT2D eigenvalue weighted by Gasteiger charge is 2.08. The number of nitrogens with zero attached hydrogens (tertiary/aromatic N) is 3. The fourth-order valence-corrected chi connectivity index (χ4v) is 2.40. The summed E-state index contributed by atoms with van der Waals surface area (Å²) in [5.41, 5.74) is 1.09. The van der Waals surface area contributed by atoms with Gasteiger partial charge in [0.25, 0.3) is 0 Å². The van der Waals surface area contributed by atoms with Gasteiger partial charge in [-0.15, -0.1) is 11.3 Å². The second-order valence-corrected chi connectivity index (χ2v) is 4.28. The first-order chi connectivity index (χ1) is 7.85. The van der Waals surface area contributed by atoms with Gasteiger partial charge < -0.3 is 4.90 Å². The first kappa shape index (κ1) is 11.1. The minimum atomic E-state index is 0.993. The van der Waals surface area contributed by atoms with Gasteiger partial charge in [-0.3, -0.25) is 4.98 Å². The molecule has 0 amide bonds. The molecule has 0 spiro atoms. The van der Waals surface area contributed by atoms with Crippen LogP contribution < -0.4 is 4.90 Å². The smallest absolute Gasteiger partial charge is 0.140 e. The van der Waals surface area contributed by atoms with Crippen LogP contribution in [-0.4, -0.2) is 23.1 Å². The maximum Gasteiger partial charge on any atom is 0.140 e. The van der Waals surface area contributed by atoms with E-state index < -0.39 is 0 Å². The van der Waals surface area contributed by atoms with Gasteiger partial charge in [-0.1, -0.05) is 0 Å². The molecule has 0 aliphatic heterocycles. The van der Waals surface area contributed by atoms with E-state index in [9.17, 15) is 0 Å². The Kier molecular flexibility index (Phi) is 3.51. The van der Waals surface area contributed by atoms with Gasteiger partial charge in [0.05, 0.1) is 0 Å². The van der Waals surface area contributed by atoms with Gasteiger partial charge in [-0.2, -0.15) is 0 Å². The molecule has 0 bridgehead atoms. The molecule has 0 atom stereocenters. The molecule has 84 valence electrons. The molecule has 2 aromatic heterocycles. The molecule has 0 N–H and O–H groups in total. The van der Waals surface area contributed by atoms with Crippen LogP contribution in [0.3, 0.4) is 0 Å². The van der Waals surface area contributed by atoms with Crippen molar-refractivity contribution in [2.75, 3.05) is 18.0 Å². The summed E-state index contributed by atoms with van der Waals surface area (Å²) in [7, 11) is 0. The first-order valence-corrected chi connectivity index (χ1v) is 6.34. The molecule has 0 fully saturated rings. The van der Waals surface area contributed by atoms with E-state index in [-0.39, 0.29) is 0 Å². The van der Waals surface area contributed by atoms with Crippen molar-refractivity contribution in [3.63, 3.8) is 0 Å². The van der Waals surface area contributed by atoms with Crippen molar-refractivity contribution in [3.05, 3.63) is 29.9 Å². The Morgan fingerprint density at radius 2 is 2.12 bits per heavy atom. The normalized spacial score (nSPS) is 10.4. The van der Waals surface area contributed by atoms with Gasteiger partial charge in [0.1, 0.15) is 10.8 Å². The molecule has 2 heterocycles. The number of hydrogen-bond donors (Lipinski definition) is 0. The lowest BCUT2D eigenvalue weighted by molar-refractivity contribution is 0.851. The van der Waals surface area contributed by atoms with Gasteiger partial charge in [0.2, 0.25) is 0 Å². The summed E-state index contributed by atoms with van der Waals surface area (Å²) in [5.74, 6) is 1.06. The zero-order chi connectivity index (χ0) is 11.4. The number of aromatic nitrogens is 2. The fraction of sp³-hybridized carbons (Fsp3) is 0.333. The van der Waals surface area contributed by atoms with Crippen LogP contribution in [0.4, 0.5) is 5.82 Å². The van der Waals surface area contributed by atoms with Crippen molar-refractivity contribution in [1.29, 1.82) is 0 Å². The Morgan fingerprint density at radius 3 is 2.75 bits per heavy atom. The summed E-state index contributed by atoms with van der Waals surface area (Å²) in [4.78, 5) is 11.0. The Balaban J connectivity index is 2.26. The van der Waals surface area contributed by atoms with Gasteiger partial charge in [-0.25, -0.2) is 4.98 Å². The molecular formula is C12H15N3S. The average Bonchev–Trinajstić information content (AvgIpc) is 2.81. The van der Waals surface area contributed by atoms with E-state index in [4.69, 9.17) is 0 Å². The maximum absolute atomic E-state index is 4.63. The quantitative estimate of drug-likeness (QED) is 0.812. The van der Waals surface area contributed by atoms with Crippen LogP contribution in [0.5, 0.6) is 0 Å². The van der Waals surface area contributed by atoms with Crippen LogP contribution in [-0.2, 0) is 0 Å². The van der Waals surface area contributed by atoms with E-state index in [1.165, 1.54) is 0 Å². The van der Waals surface area contributed by atoms with Crippen molar-refractivity contribution in [2.24, 2.45) is 0 Å². The van der Waals surface area contributed by atoms with Crippen LogP contribution in [0.2, 0.25) is 0 Å². The average molecular weight is 233 g/mol. The molecule has 0 saturated carbocycles. The van der Waals surface area contributed by atoms with E-state index in [2.05, 4.69) is 34.1 Å². The van der Waals surface area contributed by atoms with E-state index in [0.717, 1.165) is 29.5 Å². The minimum Gasteiger partial charge on any atom is -0.356 e. The summed E-state index contributed by atoms with van der Waals surface area (Å²) >= 11 is 1.67. The van der Waals surface area contributed by atoms with Crippen LogP contribution in [0.1, 0.15) is 13.8 Å². The predicted molar refractivity (Wildman–Crippen MR) is 68.9 cm³/mol. The Morgan fingerprint density at radius 1 is 1.31 bits per heavy atom. The molecule has 0 unspecified atom stereocenters. The largest absolute Gasteiger partial charge is 0.356 e. The molecule has 3 nitrogen and oxygen atoms in total. The number of pyridine rings is 1. The van der Waals surface area contributed by atoms with Crippen molar-refractivity contribution in [3.8, 4) is 10.6 Å². The van der Waals surface area contributed by atoms with E-state index in [1.807, 2.05) is 18.3 Å². The molecule has 0 aromatic carbocycles. The van der Waals surface area contributed by atoms with Gasteiger partial charge in [0, 0.05) is 36.4 Å². The molecular weight excluding hydrogens is 218 g/mol. The van der Waals surface area contributed by atoms with E-state index >= 15 is 0 Å². The zero-order valence-corrected chi connectivity index (χ0v) is 10.4. The lowest BCUT2D eigenvalue weighted by Gasteiger charge is -2.17. The zero-order valence-electron chi connectivity index (χ0n) is 9.55. The Bertz CT molecular complexity index is 435. The minimum absolute atomic E-state index is 0.993. The molecule has 4 heteroatoms. The van der Waals surface area contributed by atoms with Crippen LogP contribution in [0.15, 0.2) is 29.9 Å². The highest BCUT2D eigenvalue weighted by atomic mass is 32.1. The highest BCUT2D eigenvalue weighted by Crippen LogP contribution is 2.26. The van der Waals surface area contributed by atoms with Crippen molar-refractivity contribution in [1.82, 2.24) is 9.97 Å². The molecule has 0 radical (unpaired) electrons. The van der Waals surface area contributed by atoms with E-state index in [0.29, 0.717) is 0 Å². The summed E-state index contributed by atoms with van der Waals surface area (Å²) in [6.07, 6.45) is 3.63. The monoisotopic (exact) mass is 233 g/mol. The summed E-state index contributed by atoms with van der Waals surface area (Å²) in [5, 5.41) is 3.14. The Labute approximate surface area is 99.8 Å². The number of anilines is 1. The third kappa shape index (κ3) is 2.22. The second kappa shape index (κ2) is 5.07. The number of rotatable bonds is 4. The molecule has 2 aromatic rings. The van der Waals surface area contributed by atoms with Gasteiger partial charge >= 0.3 is 0 Å². The van der Waals surface area contributed by atoms with Crippen LogP contribution in [0.25, 0.3) is 10.6 Å². The molecule has 0 aliphatic carbocycles. The fourth-order valence-electron chi connectivity index (χ4n) is 1.58. The summed E-state index contributed by atoms with van der Waals surface area (Å²) in [6.45, 7) is 6.28. The van der Waals surface area contributed by atoms with E-state index in [1.54, 1.807) is 17.5 Å². The SMILES string of the molecule is CCN(CC)c1csc(-c2cccnc2)n1. The third-order valence-corrected chi connectivity index (χ3v) is 3.37. The van der Waals surface area contributed by atoms with Gasteiger partial charge in [-0.05, 0) is 26.0 Å². The van der Waals surface area contributed by atoms with Crippen molar-refractivity contribution >= 4 is 17.2 Å². The second-order valence-electron chi connectivity index (χ2n) is 3.42. The first-order valence-electron chi connectivity index (χ1n) is 5.46. The lowest BCUT2D eigenvalue weighted by Crippen LogP contribution is -2.21. The lowest BCUT2D eigenvalue weighted by atomic mass is 10.3. The van der Waals surface area contributed by atoms with Crippen LogP contribution >= 0.6 is 11.3 Å². The third-order valence-electron chi connectivity index (χ3n) is 2.49. The molecule has 2 rings (SSSR count). The molecule has 16 heavy (non-hydrogen) atoms. The maximum atomic E-state index is 4.63. The highest BCUT2D eigenvalue weighted by molar-refractivity contribution is 7.13.